The quantitative estimate of drug-likeness (QED) is 0.695. The summed E-state index contributed by atoms with van der Waals surface area (Å²) in [5.74, 6) is 0.888. The fraction of sp³-hybridized carbons (Fsp3) is 0.368. The van der Waals surface area contributed by atoms with Crippen molar-refractivity contribution in [2.24, 2.45) is 0 Å². The predicted molar refractivity (Wildman–Crippen MR) is 108 cm³/mol. The Bertz CT molecular complexity index is 1000. The Balaban J connectivity index is 0.00000109. The van der Waals surface area contributed by atoms with Gasteiger partial charge in [-0.05, 0) is 19.1 Å². The lowest BCUT2D eigenvalue weighted by molar-refractivity contribution is 0.122. The molecule has 1 aliphatic heterocycles. The van der Waals surface area contributed by atoms with Crippen molar-refractivity contribution in [3.63, 3.8) is 0 Å². The van der Waals surface area contributed by atoms with Gasteiger partial charge >= 0.3 is 0 Å². The van der Waals surface area contributed by atoms with Crippen LogP contribution >= 0.6 is 0 Å². The number of nitrogens with two attached hydrogens (primary N) is 1. The zero-order valence-corrected chi connectivity index (χ0v) is 17.0. The normalized spacial score (nSPS) is 15.2. The largest absolute Gasteiger partial charge is 0.384 e. The molecule has 0 aliphatic carbocycles. The molecule has 0 amide bonds. The molecule has 1 aromatic carbocycles. The van der Waals surface area contributed by atoms with Crippen molar-refractivity contribution in [1.29, 1.82) is 0 Å². The third kappa shape index (κ3) is 3.72. The maximum absolute atomic E-state index is 14.1. The van der Waals surface area contributed by atoms with E-state index in [9.17, 15) is 8.60 Å². The summed E-state index contributed by atoms with van der Waals surface area (Å²) in [6.07, 6.45) is 0. The zero-order valence-electron chi connectivity index (χ0n) is 16.2. The Morgan fingerprint density at radius 3 is 2.57 bits per heavy atom. The van der Waals surface area contributed by atoms with Gasteiger partial charge < -0.3 is 20.4 Å². The number of aromatic nitrogens is 3. The SMILES string of the molecule is CC.Cc1nc(N2CCOCC2)c2[nH]c(N)c(S(=O)c3ccccc3F)c2n1. The van der Waals surface area contributed by atoms with Gasteiger partial charge in [-0.3, -0.25) is 0 Å². The molecule has 1 atom stereocenters. The first-order valence-electron chi connectivity index (χ1n) is 9.21. The van der Waals surface area contributed by atoms with E-state index in [1.54, 1.807) is 19.1 Å². The Kier molecular flexibility index (Phi) is 6.25. The summed E-state index contributed by atoms with van der Waals surface area (Å²) >= 11 is 0. The molecule has 3 heterocycles. The van der Waals surface area contributed by atoms with Crippen LogP contribution in [0.4, 0.5) is 16.0 Å². The highest BCUT2D eigenvalue weighted by atomic mass is 32.2. The van der Waals surface area contributed by atoms with Crippen molar-refractivity contribution < 1.29 is 13.3 Å². The van der Waals surface area contributed by atoms with Crippen molar-refractivity contribution in [3.8, 4) is 0 Å². The van der Waals surface area contributed by atoms with Crippen molar-refractivity contribution >= 4 is 33.5 Å². The lowest BCUT2D eigenvalue weighted by atomic mass is 10.3. The summed E-state index contributed by atoms with van der Waals surface area (Å²) in [6, 6.07) is 5.95. The van der Waals surface area contributed by atoms with Crippen LogP contribution in [0, 0.1) is 12.7 Å². The summed E-state index contributed by atoms with van der Waals surface area (Å²) in [7, 11) is -1.80. The van der Waals surface area contributed by atoms with Crippen LogP contribution in [-0.4, -0.2) is 45.5 Å². The number of hydrogen-bond acceptors (Lipinski definition) is 6. The summed E-state index contributed by atoms with van der Waals surface area (Å²) in [5.41, 5.74) is 7.17. The average molecular weight is 405 g/mol. The first-order chi connectivity index (χ1) is 13.6. The molecule has 28 heavy (non-hydrogen) atoms. The molecule has 0 spiro atoms. The predicted octanol–water partition coefficient (Wildman–Crippen LogP) is 3.02. The second-order valence-corrected chi connectivity index (χ2v) is 7.37. The van der Waals surface area contributed by atoms with Crippen molar-refractivity contribution in [2.45, 2.75) is 30.6 Å². The van der Waals surface area contributed by atoms with Gasteiger partial charge in [-0.25, -0.2) is 18.6 Å². The highest BCUT2D eigenvalue weighted by Gasteiger charge is 2.25. The van der Waals surface area contributed by atoms with E-state index in [4.69, 9.17) is 10.5 Å². The van der Waals surface area contributed by atoms with Crippen molar-refractivity contribution in [3.05, 3.63) is 35.9 Å². The molecule has 1 fully saturated rings. The van der Waals surface area contributed by atoms with Gasteiger partial charge in [0.25, 0.3) is 0 Å². The van der Waals surface area contributed by atoms with Crippen molar-refractivity contribution in [2.75, 3.05) is 36.9 Å². The molecule has 9 heteroatoms. The van der Waals surface area contributed by atoms with Gasteiger partial charge in [0.2, 0.25) is 0 Å². The van der Waals surface area contributed by atoms with Gasteiger partial charge in [0.05, 0.1) is 28.9 Å². The second-order valence-electron chi connectivity index (χ2n) is 5.98. The van der Waals surface area contributed by atoms with Crippen LogP contribution in [0.15, 0.2) is 34.1 Å². The van der Waals surface area contributed by atoms with E-state index in [1.165, 1.54) is 12.1 Å². The number of rotatable bonds is 3. The van der Waals surface area contributed by atoms with Gasteiger partial charge in [0.1, 0.15) is 33.4 Å². The number of nitrogens with one attached hydrogen (secondary N) is 1. The standard InChI is InChI=1S/C17H18FN5O2S.C2H6/c1-10-20-13-14(17(21-10)23-6-8-25-9-7-23)22-16(19)15(13)26(24)12-5-3-2-4-11(12)18;1-2/h2-5,22H,6-9,19H2,1H3;1-2H3. The number of ether oxygens (including phenoxy) is 1. The van der Waals surface area contributed by atoms with Gasteiger partial charge in [-0.2, -0.15) is 0 Å². The number of nitrogens with zero attached hydrogens (tertiary/aromatic N) is 3. The van der Waals surface area contributed by atoms with Crippen LogP contribution in [0.2, 0.25) is 0 Å². The third-order valence-corrected chi connectivity index (χ3v) is 5.77. The fourth-order valence-corrected chi connectivity index (χ4v) is 4.29. The Hall–Kier alpha value is -2.52. The molecule has 1 aliphatic rings. The molecule has 3 N–H and O–H groups in total. The number of aryl methyl sites for hydroxylation is 1. The molecule has 3 aromatic rings. The monoisotopic (exact) mass is 405 g/mol. The number of fused-ring (bicyclic) bond motifs is 1. The summed E-state index contributed by atoms with van der Waals surface area (Å²) in [4.78, 5) is 14.4. The van der Waals surface area contributed by atoms with Crippen LogP contribution in [0.3, 0.4) is 0 Å². The Labute approximate surface area is 165 Å². The maximum atomic E-state index is 14.1. The van der Waals surface area contributed by atoms with Gasteiger partial charge in [-0.15, -0.1) is 0 Å². The van der Waals surface area contributed by atoms with E-state index in [0.29, 0.717) is 49.0 Å². The fourth-order valence-electron chi connectivity index (χ4n) is 3.05. The van der Waals surface area contributed by atoms with E-state index < -0.39 is 16.6 Å². The minimum atomic E-state index is -1.80. The molecule has 4 rings (SSSR count). The number of nitrogen functional groups attached to an aromatic ring is 1. The molecular weight excluding hydrogens is 381 g/mol. The molecule has 1 unspecified atom stereocenters. The maximum Gasteiger partial charge on any atom is 0.157 e. The minimum absolute atomic E-state index is 0.0734. The first-order valence-corrected chi connectivity index (χ1v) is 10.4. The smallest absolute Gasteiger partial charge is 0.157 e. The van der Waals surface area contributed by atoms with Gasteiger partial charge in [-0.1, -0.05) is 26.0 Å². The number of anilines is 2. The van der Waals surface area contributed by atoms with Gasteiger partial charge in [0, 0.05) is 13.1 Å². The summed E-state index contributed by atoms with van der Waals surface area (Å²) < 4.78 is 32.5. The van der Waals surface area contributed by atoms with Crippen LogP contribution < -0.4 is 10.6 Å². The molecule has 1 saturated heterocycles. The molecule has 2 aromatic heterocycles. The number of halogens is 1. The minimum Gasteiger partial charge on any atom is -0.384 e. The molecule has 150 valence electrons. The van der Waals surface area contributed by atoms with Crippen LogP contribution in [0.25, 0.3) is 11.0 Å². The van der Waals surface area contributed by atoms with E-state index in [0.717, 1.165) is 0 Å². The van der Waals surface area contributed by atoms with Crippen LogP contribution in [-0.2, 0) is 15.5 Å². The second kappa shape index (κ2) is 8.66. The number of benzene rings is 1. The topological polar surface area (TPSA) is 97.1 Å². The highest BCUT2D eigenvalue weighted by Crippen LogP contribution is 2.34. The first kappa shape index (κ1) is 20.2. The number of morpholine rings is 1. The highest BCUT2D eigenvalue weighted by molar-refractivity contribution is 7.85. The number of aromatic amines is 1. The third-order valence-electron chi connectivity index (χ3n) is 4.25. The Morgan fingerprint density at radius 2 is 1.89 bits per heavy atom. The Morgan fingerprint density at radius 1 is 1.21 bits per heavy atom. The number of hydrogen-bond donors (Lipinski definition) is 2. The van der Waals surface area contributed by atoms with Crippen molar-refractivity contribution in [1.82, 2.24) is 15.0 Å². The molecule has 7 nitrogen and oxygen atoms in total. The average Bonchev–Trinajstić information content (AvgIpc) is 3.05. The van der Waals surface area contributed by atoms with E-state index in [-0.39, 0.29) is 15.6 Å². The molecule has 0 saturated carbocycles. The molecule has 0 bridgehead atoms. The number of H-pyrrole nitrogens is 1. The van der Waals surface area contributed by atoms with Gasteiger partial charge in [0.15, 0.2) is 5.82 Å². The lowest BCUT2D eigenvalue weighted by Gasteiger charge is -2.28. The van der Waals surface area contributed by atoms with E-state index in [2.05, 4.69) is 19.9 Å². The lowest BCUT2D eigenvalue weighted by Crippen LogP contribution is -2.37. The molecule has 0 radical (unpaired) electrons. The van der Waals surface area contributed by atoms with Crippen LogP contribution in [0.1, 0.15) is 19.7 Å². The van der Waals surface area contributed by atoms with E-state index >= 15 is 0 Å². The van der Waals surface area contributed by atoms with Crippen LogP contribution in [0.5, 0.6) is 0 Å². The van der Waals surface area contributed by atoms with E-state index in [1.807, 2.05) is 13.8 Å². The summed E-state index contributed by atoms with van der Waals surface area (Å²) in [5, 5.41) is 0. The summed E-state index contributed by atoms with van der Waals surface area (Å²) in [6.45, 7) is 8.36. The molecular formula is C19H24FN5O2S. The zero-order chi connectivity index (χ0) is 20.3.